The number of hydrogen-bond acceptors (Lipinski definition) is 0. The second kappa shape index (κ2) is 3.96. The zero-order valence-electron chi connectivity index (χ0n) is 12.0. The van der Waals surface area contributed by atoms with E-state index in [1.807, 2.05) is 0 Å². The van der Waals surface area contributed by atoms with Crippen molar-refractivity contribution in [3.63, 3.8) is 0 Å². The van der Waals surface area contributed by atoms with Gasteiger partial charge in [0.05, 0.1) is 16.1 Å². The lowest BCUT2D eigenvalue weighted by atomic mass is 10.1. The molecule has 0 aliphatic heterocycles. The first-order valence-corrected chi connectivity index (χ1v) is 13.6. The summed E-state index contributed by atoms with van der Waals surface area (Å²) in [6, 6.07) is 9.08. The highest BCUT2D eigenvalue weighted by atomic mass is 28.3. The third-order valence-electron chi connectivity index (χ3n) is 3.66. The largest absolute Gasteiger partial charge is 0.0799 e. The smallest absolute Gasteiger partial charge is 0.0779 e. The molecule has 0 amide bonds. The van der Waals surface area contributed by atoms with Gasteiger partial charge in [0.25, 0.3) is 0 Å². The molecule has 0 saturated heterocycles. The highest BCUT2D eigenvalue weighted by Gasteiger charge is 2.36. The molecule has 1 aliphatic rings. The summed E-state index contributed by atoms with van der Waals surface area (Å²) in [6.07, 6.45) is 2.61. The van der Waals surface area contributed by atoms with E-state index in [0.717, 1.165) is 5.54 Å². The molecule has 0 bridgehead atoms. The predicted octanol–water partition coefficient (Wildman–Crippen LogP) is 4.92. The van der Waals surface area contributed by atoms with Crippen LogP contribution < -0.4 is 0 Å². The minimum Gasteiger partial charge on any atom is -0.0799 e. The van der Waals surface area contributed by atoms with E-state index in [4.69, 9.17) is 0 Å². The molecule has 2 rings (SSSR count). The monoisotopic (exact) mass is 260 g/mol. The Morgan fingerprint density at radius 2 is 1.47 bits per heavy atom. The van der Waals surface area contributed by atoms with E-state index in [0.29, 0.717) is 0 Å². The molecule has 0 nitrogen and oxygen atoms in total. The Morgan fingerprint density at radius 3 is 2.00 bits per heavy atom. The van der Waals surface area contributed by atoms with E-state index in [1.54, 1.807) is 16.3 Å². The Kier molecular flexibility index (Phi) is 2.99. The quantitative estimate of drug-likeness (QED) is 0.662. The zero-order chi connectivity index (χ0) is 12.8. The molecule has 1 aliphatic carbocycles. The van der Waals surface area contributed by atoms with Gasteiger partial charge in [0, 0.05) is 0 Å². The van der Waals surface area contributed by atoms with Crippen LogP contribution >= 0.6 is 0 Å². The number of rotatable bonds is 2. The topological polar surface area (TPSA) is 0 Å². The third-order valence-corrected chi connectivity index (χ3v) is 8.06. The summed E-state index contributed by atoms with van der Waals surface area (Å²) in [5, 5.41) is 1.68. The van der Waals surface area contributed by atoms with Crippen molar-refractivity contribution in [2.24, 2.45) is 0 Å². The van der Waals surface area contributed by atoms with Crippen molar-refractivity contribution < 1.29 is 0 Å². The summed E-state index contributed by atoms with van der Waals surface area (Å²) in [5.41, 5.74) is 3.88. The van der Waals surface area contributed by atoms with Crippen LogP contribution in [0.25, 0.3) is 5.20 Å². The van der Waals surface area contributed by atoms with Gasteiger partial charge in [0.2, 0.25) is 0 Å². The molecule has 17 heavy (non-hydrogen) atoms. The highest BCUT2D eigenvalue weighted by molar-refractivity contribution is 6.94. The van der Waals surface area contributed by atoms with Crippen molar-refractivity contribution in [3.8, 4) is 0 Å². The summed E-state index contributed by atoms with van der Waals surface area (Å²) in [5.74, 6) is 0. The van der Waals surface area contributed by atoms with E-state index in [9.17, 15) is 0 Å². The minimum atomic E-state index is -1.21. The van der Waals surface area contributed by atoms with Crippen molar-refractivity contribution in [2.45, 2.75) is 44.8 Å². The first kappa shape index (κ1) is 12.8. The first-order chi connectivity index (χ1) is 7.71. The van der Waals surface area contributed by atoms with Gasteiger partial charge >= 0.3 is 0 Å². The molecule has 1 unspecified atom stereocenters. The van der Waals surface area contributed by atoms with Crippen molar-refractivity contribution in [3.05, 3.63) is 41.5 Å². The van der Waals surface area contributed by atoms with Crippen LogP contribution in [0.4, 0.5) is 0 Å². The van der Waals surface area contributed by atoms with E-state index >= 15 is 0 Å². The van der Waals surface area contributed by atoms with Crippen LogP contribution in [0.3, 0.4) is 0 Å². The van der Waals surface area contributed by atoms with Crippen LogP contribution in [0.1, 0.15) is 16.7 Å². The fourth-order valence-electron chi connectivity index (χ4n) is 2.73. The van der Waals surface area contributed by atoms with Crippen molar-refractivity contribution in [1.29, 1.82) is 0 Å². The third kappa shape index (κ3) is 2.33. The van der Waals surface area contributed by atoms with E-state index < -0.39 is 16.1 Å². The Bertz CT molecular complexity index is 459. The summed E-state index contributed by atoms with van der Waals surface area (Å²) >= 11 is 0. The van der Waals surface area contributed by atoms with Gasteiger partial charge in [-0.3, -0.25) is 0 Å². The average molecular weight is 261 g/mol. The molecule has 0 radical (unpaired) electrons. The van der Waals surface area contributed by atoms with E-state index in [-0.39, 0.29) is 0 Å². The molecule has 0 N–H and O–H groups in total. The molecule has 1 aromatic rings. The van der Waals surface area contributed by atoms with Crippen LogP contribution in [-0.4, -0.2) is 16.1 Å². The molecule has 0 aromatic heterocycles. The Hall–Kier alpha value is -0.606. The van der Waals surface area contributed by atoms with Gasteiger partial charge in [-0.15, -0.1) is 0 Å². The first-order valence-electron chi connectivity index (χ1n) is 6.53. The summed E-state index contributed by atoms with van der Waals surface area (Å²) in [4.78, 5) is 0. The van der Waals surface area contributed by atoms with E-state index in [2.05, 4.69) is 69.6 Å². The molecule has 0 saturated carbocycles. The maximum absolute atomic E-state index is 2.61. The molecule has 1 atom stereocenters. The summed E-state index contributed by atoms with van der Waals surface area (Å²) in [6.45, 7) is 14.8. The summed E-state index contributed by atoms with van der Waals surface area (Å²) < 4.78 is 0. The number of allylic oxidation sites excluding steroid dienone is 1. The molecule has 1 aromatic carbocycles. The molecular weight excluding hydrogens is 236 g/mol. The minimum absolute atomic E-state index is 0.723. The lowest BCUT2D eigenvalue weighted by Gasteiger charge is -2.24. The van der Waals surface area contributed by atoms with Crippen LogP contribution in [0.15, 0.2) is 30.3 Å². The molecule has 0 spiro atoms. The van der Waals surface area contributed by atoms with Crippen LogP contribution in [0.2, 0.25) is 39.3 Å². The maximum atomic E-state index is 2.61. The maximum Gasteiger partial charge on any atom is 0.0779 e. The number of benzene rings is 1. The van der Waals surface area contributed by atoms with Crippen molar-refractivity contribution in [1.82, 2.24) is 0 Å². The zero-order valence-corrected chi connectivity index (χ0v) is 14.0. The molecule has 2 heteroatoms. The van der Waals surface area contributed by atoms with Crippen molar-refractivity contribution in [2.75, 3.05) is 0 Å². The molecule has 0 heterocycles. The van der Waals surface area contributed by atoms with Gasteiger partial charge in [-0.1, -0.05) is 74.8 Å². The number of hydrogen-bond donors (Lipinski definition) is 0. The lowest BCUT2D eigenvalue weighted by Crippen LogP contribution is -2.28. The molecule has 0 fully saturated rings. The SMILES string of the molecule is C[Si](C)(C)C1=CC([Si](C)(C)C)c2ccccc21. The van der Waals surface area contributed by atoms with Gasteiger partial charge in [0.15, 0.2) is 0 Å². The van der Waals surface area contributed by atoms with Gasteiger partial charge in [-0.2, -0.15) is 0 Å². The van der Waals surface area contributed by atoms with Crippen molar-refractivity contribution >= 4 is 21.3 Å². The highest BCUT2D eigenvalue weighted by Crippen LogP contribution is 2.44. The summed E-state index contributed by atoms with van der Waals surface area (Å²) in [7, 11) is -2.36. The average Bonchev–Trinajstić information content (AvgIpc) is 2.55. The Morgan fingerprint density at radius 1 is 0.882 bits per heavy atom. The normalized spacial score (nSPS) is 20.1. The van der Waals surface area contributed by atoms with Crippen LogP contribution in [0.5, 0.6) is 0 Å². The van der Waals surface area contributed by atoms with Gasteiger partial charge < -0.3 is 0 Å². The second-order valence-electron chi connectivity index (χ2n) is 7.26. The van der Waals surface area contributed by atoms with E-state index in [1.165, 1.54) is 0 Å². The van der Waals surface area contributed by atoms with Crippen LogP contribution in [0, 0.1) is 0 Å². The fraction of sp³-hybridized carbons (Fsp3) is 0.467. The lowest BCUT2D eigenvalue weighted by molar-refractivity contribution is 1.16. The van der Waals surface area contributed by atoms with Gasteiger partial charge in [0.1, 0.15) is 0 Å². The van der Waals surface area contributed by atoms with Crippen LogP contribution in [-0.2, 0) is 0 Å². The molecule has 92 valence electrons. The Labute approximate surface area is 108 Å². The fourth-order valence-corrected chi connectivity index (χ4v) is 6.45. The Balaban J connectivity index is 2.58. The van der Waals surface area contributed by atoms with Gasteiger partial charge in [-0.05, 0) is 16.7 Å². The predicted molar refractivity (Wildman–Crippen MR) is 83.9 cm³/mol. The van der Waals surface area contributed by atoms with Gasteiger partial charge in [-0.25, -0.2) is 0 Å². The standard InChI is InChI=1S/C15H24Si2/c1-16(2,3)14-11-15(17(4,5)6)13-10-8-7-9-12(13)14/h7-11,14H,1-6H3. The second-order valence-corrected chi connectivity index (χ2v) is 17.7. The molecular formula is C15H24Si2. The number of fused-ring (bicyclic) bond motifs is 1.